The standard InChI is InChI=1S/C12H14BrF2N3OS/c1-2-3-18(5-10(14)15)6-11-16-12(17-19-11)9-4-8(13)7-20-9/h4,7,10H,2-3,5-6H2,1H3. The Morgan fingerprint density at radius 3 is 2.90 bits per heavy atom. The maximum Gasteiger partial charge on any atom is 0.251 e. The largest absolute Gasteiger partial charge is 0.338 e. The molecular formula is C12H14BrF2N3OS. The summed E-state index contributed by atoms with van der Waals surface area (Å²) < 4.78 is 31.0. The SMILES string of the molecule is CCCN(Cc1nc(-c2cc(Br)cs2)no1)CC(F)F. The minimum Gasteiger partial charge on any atom is -0.338 e. The van der Waals surface area contributed by atoms with Crippen molar-refractivity contribution in [3.05, 3.63) is 21.8 Å². The number of thiophene rings is 1. The van der Waals surface area contributed by atoms with Crippen LogP contribution in [0.3, 0.4) is 0 Å². The van der Waals surface area contributed by atoms with Gasteiger partial charge in [0, 0.05) is 9.85 Å². The topological polar surface area (TPSA) is 42.2 Å². The zero-order valence-corrected chi connectivity index (χ0v) is 13.3. The average molecular weight is 366 g/mol. The summed E-state index contributed by atoms with van der Waals surface area (Å²) in [5.41, 5.74) is 0. The molecule has 0 radical (unpaired) electrons. The Kier molecular flexibility index (Phi) is 5.62. The van der Waals surface area contributed by atoms with Crippen molar-refractivity contribution in [3.8, 4) is 10.7 Å². The van der Waals surface area contributed by atoms with E-state index in [0.29, 0.717) is 18.3 Å². The highest BCUT2D eigenvalue weighted by Crippen LogP contribution is 2.27. The van der Waals surface area contributed by atoms with Gasteiger partial charge in [-0.05, 0) is 35.0 Å². The van der Waals surface area contributed by atoms with Gasteiger partial charge < -0.3 is 4.52 Å². The van der Waals surface area contributed by atoms with Crippen LogP contribution in [-0.4, -0.2) is 34.6 Å². The van der Waals surface area contributed by atoms with Crippen molar-refractivity contribution in [1.82, 2.24) is 15.0 Å². The van der Waals surface area contributed by atoms with Crippen LogP contribution in [0.1, 0.15) is 19.2 Å². The van der Waals surface area contributed by atoms with Gasteiger partial charge >= 0.3 is 0 Å². The third-order valence-corrected chi connectivity index (χ3v) is 4.24. The van der Waals surface area contributed by atoms with Crippen molar-refractivity contribution in [1.29, 1.82) is 0 Å². The molecule has 0 unspecified atom stereocenters. The monoisotopic (exact) mass is 365 g/mol. The summed E-state index contributed by atoms with van der Waals surface area (Å²) in [7, 11) is 0. The molecule has 20 heavy (non-hydrogen) atoms. The highest BCUT2D eigenvalue weighted by Gasteiger charge is 2.16. The minimum atomic E-state index is -2.36. The van der Waals surface area contributed by atoms with Gasteiger partial charge in [0.2, 0.25) is 11.7 Å². The molecule has 4 nitrogen and oxygen atoms in total. The molecule has 110 valence electrons. The lowest BCUT2D eigenvalue weighted by atomic mass is 10.4. The average Bonchev–Trinajstić information content (AvgIpc) is 2.97. The second-order valence-electron chi connectivity index (χ2n) is 4.27. The number of halogens is 3. The van der Waals surface area contributed by atoms with Crippen LogP contribution in [-0.2, 0) is 6.54 Å². The van der Waals surface area contributed by atoms with Gasteiger partial charge in [-0.1, -0.05) is 12.1 Å². The fourth-order valence-electron chi connectivity index (χ4n) is 1.79. The fraction of sp³-hybridized carbons (Fsp3) is 0.500. The summed E-state index contributed by atoms with van der Waals surface area (Å²) >= 11 is 4.85. The Labute approximate surface area is 127 Å². The van der Waals surface area contributed by atoms with Crippen molar-refractivity contribution in [2.75, 3.05) is 13.1 Å². The van der Waals surface area contributed by atoms with Crippen molar-refractivity contribution in [2.45, 2.75) is 26.3 Å². The predicted octanol–water partition coefficient (Wildman–Crippen LogP) is 4.04. The van der Waals surface area contributed by atoms with E-state index in [1.54, 1.807) is 4.90 Å². The Morgan fingerprint density at radius 1 is 1.50 bits per heavy atom. The van der Waals surface area contributed by atoms with Crippen LogP contribution in [0.15, 0.2) is 20.4 Å². The van der Waals surface area contributed by atoms with Crippen LogP contribution in [0.5, 0.6) is 0 Å². The first-order valence-electron chi connectivity index (χ1n) is 6.16. The molecule has 0 aliphatic rings. The summed E-state index contributed by atoms with van der Waals surface area (Å²) in [5.74, 6) is 0.850. The van der Waals surface area contributed by atoms with Gasteiger partial charge in [0.25, 0.3) is 6.43 Å². The maximum absolute atomic E-state index is 12.5. The van der Waals surface area contributed by atoms with Gasteiger partial charge in [0.1, 0.15) is 0 Å². The van der Waals surface area contributed by atoms with Gasteiger partial charge in [-0.25, -0.2) is 8.78 Å². The number of hydrogen-bond donors (Lipinski definition) is 0. The van der Waals surface area contributed by atoms with Gasteiger partial charge in [0.05, 0.1) is 18.0 Å². The quantitative estimate of drug-likeness (QED) is 0.742. The normalized spacial score (nSPS) is 11.7. The molecule has 0 amide bonds. The summed E-state index contributed by atoms with van der Waals surface area (Å²) in [5, 5.41) is 5.80. The van der Waals surface area contributed by atoms with E-state index in [1.807, 2.05) is 18.4 Å². The smallest absolute Gasteiger partial charge is 0.251 e. The van der Waals surface area contributed by atoms with E-state index in [0.717, 1.165) is 15.8 Å². The molecule has 0 aliphatic carbocycles. The Balaban J connectivity index is 2.04. The van der Waals surface area contributed by atoms with Gasteiger partial charge in [-0.2, -0.15) is 4.98 Å². The zero-order valence-electron chi connectivity index (χ0n) is 10.9. The summed E-state index contributed by atoms with van der Waals surface area (Å²) in [4.78, 5) is 6.74. The molecule has 2 heterocycles. The molecule has 0 bridgehead atoms. The Hall–Kier alpha value is -0.860. The van der Waals surface area contributed by atoms with Gasteiger partial charge in [0.15, 0.2) is 0 Å². The molecule has 8 heteroatoms. The maximum atomic E-state index is 12.5. The highest BCUT2D eigenvalue weighted by molar-refractivity contribution is 9.10. The number of alkyl halides is 2. The molecule has 2 aromatic heterocycles. The number of hydrogen-bond acceptors (Lipinski definition) is 5. The zero-order chi connectivity index (χ0) is 14.5. The van der Waals surface area contributed by atoms with Crippen LogP contribution in [0, 0.1) is 0 Å². The van der Waals surface area contributed by atoms with Crippen LogP contribution < -0.4 is 0 Å². The molecule has 0 aromatic carbocycles. The molecule has 2 rings (SSSR count). The molecule has 0 saturated carbocycles. The van der Waals surface area contributed by atoms with Crippen molar-refractivity contribution in [2.24, 2.45) is 0 Å². The molecule has 0 atom stereocenters. The Bertz CT molecular complexity index is 546. The van der Waals surface area contributed by atoms with Crippen molar-refractivity contribution >= 4 is 27.3 Å². The third kappa shape index (κ3) is 4.32. The highest BCUT2D eigenvalue weighted by atomic mass is 79.9. The number of nitrogens with zero attached hydrogens (tertiary/aromatic N) is 3. The van der Waals surface area contributed by atoms with Gasteiger partial charge in [-0.3, -0.25) is 4.90 Å². The first-order chi connectivity index (χ1) is 9.58. The van der Waals surface area contributed by atoms with E-state index in [-0.39, 0.29) is 13.1 Å². The van der Waals surface area contributed by atoms with Crippen LogP contribution in [0.25, 0.3) is 10.7 Å². The summed E-state index contributed by atoms with van der Waals surface area (Å²) in [6.45, 7) is 2.49. The van der Waals surface area contributed by atoms with Crippen molar-refractivity contribution in [3.63, 3.8) is 0 Å². The van der Waals surface area contributed by atoms with Crippen LogP contribution >= 0.6 is 27.3 Å². The molecule has 0 aliphatic heterocycles. The van der Waals surface area contributed by atoms with E-state index >= 15 is 0 Å². The van der Waals surface area contributed by atoms with E-state index in [4.69, 9.17) is 4.52 Å². The lowest BCUT2D eigenvalue weighted by Crippen LogP contribution is -2.29. The third-order valence-electron chi connectivity index (χ3n) is 2.55. The van der Waals surface area contributed by atoms with Crippen LogP contribution in [0.4, 0.5) is 8.78 Å². The molecule has 0 saturated heterocycles. The van der Waals surface area contributed by atoms with E-state index < -0.39 is 6.43 Å². The predicted molar refractivity (Wildman–Crippen MR) is 76.9 cm³/mol. The molecule has 2 aromatic rings. The number of aromatic nitrogens is 2. The van der Waals surface area contributed by atoms with Crippen LogP contribution in [0.2, 0.25) is 0 Å². The van der Waals surface area contributed by atoms with E-state index in [9.17, 15) is 8.78 Å². The second kappa shape index (κ2) is 7.24. The summed E-state index contributed by atoms with van der Waals surface area (Å²) in [6.07, 6.45) is -1.57. The number of rotatable bonds is 7. The van der Waals surface area contributed by atoms with E-state index in [1.165, 1.54) is 11.3 Å². The molecule has 0 spiro atoms. The molecule has 0 fully saturated rings. The van der Waals surface area contributed by atoms with Crippen molar-refractivity contribution < 1.29 is 13.3 Å². The first kappa shape index (κ1) is 15.5. The molecule has 0 N–H and O–H groups in total. The first-order valence-corrected chi connectivity index (χ1v) is 7.83. The Morgan fingerprint density at radius 2 is 2.30 bits per heavy atom. The van der Waals surface area contributed by atoms with E-state index in [2.05, 4.69) is 26.1 Å². The summed E-state index contributed by atoms with van der Waals surface area (Å²) in [6, 6.07) is 1.89. The van der Waals surface area contributed by atoms with Gasteiger partial charge in [-0.15, -0.1) is 11.3 Å². The second-order valence-corrected chi connectivity index (χ2v) is 6.09. The lowest BCUT2D eigenvalue weighted by Gasteiger charge is -2.18. The lowest BCUT2D eigenvalue weighted by molar-refractivity contribution is 0.0793. The fourth-order valence-corrected chi connectivity index (χ4v) is 3.14. The molecular weight excluding hydrogens is 352 g/mol. The minimum absolute atomic E-state index is 0.248.